The number of fused-ring (bicyclic) bond motifs is 1. The third kappa shape index (κ3) is 3.76. The Hall–Kier alpha value is -2.60. The van der Waals surface area contributed by atoms with Gasteiger partial charge < -0.3 is 19.4 Å². The predicted molar refractivity (Wildman–Crippen MR) is 101 cm³/mol. The van der Waals surface area contributed by atoms with Crippen LogP contribution in [0.5, 0.6) is 0 Å². The Morgan fingerprint density at radius 1 is 1.26 bits per heavy atom. The van der Waals surface area contributed by atoms with Gasteiger partial charge in [-0.3, -0.25) is 9.59 Å². The number of hydrogen-bond donors (Lipinski definition) is 1. The highest BCUT2D eigenvalue weighted by molar-refractivity contribution is 5.91. The second-order valence-corrected chi connectivity index (χ2v) is 7.26. The van der Waals surface area contributed by atoms with Crippen LogP contribution >= 0.6 is 0 Å². The van der Waals surface area contributed by atoms with Crippen LogP contribution in [-0.2, 0) is 27.3 Å². The lowest BCUT2D eigenvalue weighted by atomic mass is 9.84. The van der Waals surface area contributed by atoms with Gasteiger partial charge in [-0.25, -0.2) is 0 Å². The van der Waals surface area contributed by atoms with Gasteiger partial charge in [0.05, 0.1) is 0 Å². The van der Waals surface area contributed by atoms with Crippen molar-refractivity contribution < 1.29 is 18.7 Å². The summed E-state index contributed by atoms with van der Waals surface area (Å²) in [4.78, 5) is 26.0. The topological polar surface area (TPSA) is 71.8 Å². The lowest BCUT2D eigenvalue weighted by Crippen LogP contribution is -2.41. The Balaban J connectivity index is 1.44. The van der Waals surface area contributed by atoms with E-state index in [2.05, 4.69) is 5.32 Å². The Morgan fingerprint density at radius 3 is 2.70 bits per heavy atom. The first kappa shape index (κ1) is 17.8. The highest BCUT2D eigenvalue weighted by atomic mass is 16.5. The average molecular weight is 368 g/mol. The predicted octanol–water partition coefficient (Wildman–Crippen LogP) is 3.22. The lowest BCUT2D eigenvalue weighted by molar-refractivity contribution is -0.139. The molecule has 1 aliphatic carbocycles. The molecule has 1 aromatic carbocycles. The van der Waals surface area contributed by atoms with Crippen molar-refractivity contribution in [2.45, 2.75) is 32.2 Å². The van der Waals surface area contributed by atoms with Crippen molar-refractivity contribution in [2.24, 2.45) is 5.92 Å². The molecule has 2 aliphatic rings. The van der Waals surface area contributed by atoms with Crippen molar-refractivity contribution >= 4 is 17.5 Å². The number of hydrogen-bond acceptors (Lipinski definition) is 4. The summed E-state index contributed by atoms with van der Waals surface area (Å²) in [6.07, 6.45) is 4.00. The molecule has 0 atom stereocenters. The highest BCUT2D eigenvalue weighted by Gasteiger charge is 2.32. The molecule has 2 amide bonds. The van der Waals surface area contributed by atoms with Crippen molar-refractivity contribution in [2.75, 3.05) is 25.6 Å². The molecule has 0 spiro atoms. The molecular formula is C21H24N2O4. The second-order valence-electron chi connectivity index (χ2n) is 7.26. The summed E-state index contributed by atoms with van der Waals surface area (Å²) < 4.78 is 10.8. The molecule has 1 aromatic heterocycles. The Morgan fingerprint density at radius 2 is 2.04 bits per heavy atom. The van der Waals surface area contributed by atoms with Crippen molar-refractivity contribution in [3.63, 3.8) is 0 Å². The number of carbonyl (C=O) groups is 2. The third-order valence-corrected chi connectivity index (χ3v) is 5.36. The van der Waals surface area contributed by atoms with Crippen LogP contribution in [0.25, 0.3) is 11.3 Å². The number of amides is 2. The van der Waals surface area contributed by atoms with Gasteiger partial charge in [0.1, 0.15) is 18.1 Å². The first-order valence-electron chi connectivity index (χ1n) is 9.43. The van der Waals surface area contributed by atoms with E-state index in [0.29, 0.717) is 12.5 Å². The lowest BCUT2D eigenvalue weighted by Gasteiger charge is -2.33. The van der Waals surface area contributed by atoms with Crippen LogP contribution in [0.3, 0.4) is 0 Å². The SMILES string of the molecule is COCC(=O)Nc1ccc(-c2cc3c(o2)CCN(C(=O)C2CCC2)C3)cc1. The van der Waals surface area contributed by atoms with Gasteiger partial charge >= 0.3 is 0 Å². The summed E-state index contributed by atoms with van der Waals surface area (Å²) in [5.74, 6) is 2.12. The molecule has 6 nitrogen and oxygen atoms in total. The van der Waals surface area contributed by atoms with E-state index in [0.717, 1.165) is 54.1 Å². The Kier molecular flexibility index (Phi) is 4.99. The maximum Gasteiger partial charge on any atom is 0.250 e. The van der Waals surface area contributed by atoms with Gasteiger partial charge in [-0.1, -0.05) is 6.42 Å². The zero-order valence-corrected chi connectivity index (χ0v) is 15.5. The van der Waals surface area contributed by atoms with E-state index < -0.39 is 0 Å². The molecule has 1 fully saturated rings. The summed E-state index contributed by atoms with van der Waals surface area (Å²) >= 11 is 0. The summed E-state index contributed by atoms with van der Waals surface area (Å²) in [7, 11) is 1.49. The van der Waals surface area contributed by atoms with Crippen molar-refractivity contribution in [1.29, 1.82) is 0 Å². The number of benzene rings is 1. The van der Waals surface area contributed by atoms with Crippen LogP contribution in [0, 0.1) is 5.92 Å². The molecule has 6 heteroatoms. The minimum absolute atomic E-state index is 0.0305. The van der Waals surface area contributed by atoms with Gasteiger partial charge in [-0.05, 0) is 43.2 Å². The van der Waals surface area contributed by atoms with E-state index in [1.807, 2.05) is 35.2 Å². The molecular weight excluding hydrogens is 344 g/mol. The monoisotopic (exact) mass is 368 g/mol. The molecule has 4 rings (SSSR count). The first-order valence-corrected chi connectivity index (χ1v) is 9.43. The molecule has 0 radical (unpaired) electrons. The molecule has 0 bridgehead atoms. The van der Waals surface area contributed by atoms with E-state index >= 15 is 0 Å². The van der Waals surface area contributed by atoms with Crippen molar-refractivity contribution in [1.82, 2.24) is 4.90 Å². The Labute approximate surface area is 158 Å². The maximum atomic E-state index is 12.5. The number of rotatable bonds is 5. The molecule has 27 heavy (non-hydrogen) atoms. The number of ether oxygens (including phenoxy) is 1. The van der Waals surface area contributed by atoms with Crippen LogP contribution in [0.2, 0.25) is 0 Å². The van der Waals surface area contributed by atoms with Crippen LogP contribution in [0.1, 0.15) is 30.6 Å². The van der Waals surface area contributed by atoms with Crippen LogP contribution in [-0.4, -0.2) is 37.0 Å². The van der Waals surface area contributed by atoms with E-state index in [4.69, 9.17) is 9.15 Å². The number of furan rings is 1. The number of nitrogens with one attached hydrogen (secondary N) is 1. The van der Waals surface area contributed by atoms with E-state index in [9.17, 15) is 9.59 Å². The van der Waals surface area contributed by atoms with Crippen LogP contribution in [0.15, 0.2) is 34.7 Å². The van der Waals surface area contributed by atoms with Gasteiger partial charge in [0.25, 0.3) is 0 Å². The minimum atomic E-state index is -0.185. The van der Waals surface area contributed by atoms with Gasteiger partial charge in [0.2, 0.25) is 11.8 Å². The maximum absolute atomic E-state index is 12.5. The number of nitrogens with zero attached hydrogens (tertiary/aromatic N) is 1. The number of anilines is 1. The van der Waals surface area contributed by atoms with Gasteiger partial charge in [-0.2, -0.15) is 0 Å². The number of carbonyl (C=O) groups excluding carboxylic acids is 2. The largest absolute Gasteiger partial charge is 0.461 e. The summed E-state index contributed by atoms with van der Waals surface area (Å²) in [6.45, 7) is 1.40. The molecule has 0 unspecified atom stereocenters. The smallest absolute Gasteiger partial charge is 0.250 e. The molecule has 1 saturated carbocycles. The second kappa shape index (κ2) is 7.56. The summed E-state index contributed by atoms with van der Waals surface area (Å²) in [6, 6.07) is 9.57. The zero-order valence-electron chi connectivity index (χ0n) is 15.5. The normalized spacial score (nSPS) is 16.6. The van der Waals surface area contributed by atoms with Crippen LogP contribution in [0.4, 0.5) is 5.69 Å². The van der Waals surface area contributed by atoms with Gasteiger partial charge in [-0.15, -0.1) is 0 Å². The fourth-order valence-electron chi connectivity index (χ4n) is 3.62. The van der Waals surface area contributed by atoms with Crippen molar-refractivity contribution in [3.8, 4) is 11.3 Å². The van der Waals surface area contributed by atoms with E-state index in [1.54, 1.807) is 0 Å². The number of methoxy groups -OCH3 is 1. The summed E-state index contributed by atoms with van der Waals surface area (Å²) in [5.41, 5.74) is 2.77. The fraction of sp³-hybridized carbons (Fsp3) is 0.429. The van der Waals surface area contributed by atoms with Gasteiger partial charge in [0.15, 0.2) is 0 Å². The minimum Gasteiger partial charge on any atom is -0.461 e. The van der Waals surface area contributed by atoms with Crippen LogP contribution < -0.4 is 5.32 Å². The third-order valence-electron chi connectivity index (χ3n) is 5.36. The molecule has 1 N–H and O–H groups in total. The molecule has 2 aromatic rings. The van der Waals surface area contributed by atoms with E-state index in [-0.39, 0.29) is 18.4 Å². The highest BCUT2D eigenvalue weighted by Crippen LogP contribution is 2.33. The van der Waals surface area contributed by atoms with Crippen molar-refractivity contribution in [3.05, 3.63) is 41.7 Å². The average Bonchev–Trinajstić information content (AvgIpc) is 3.04. The molecule has 142 valence electrons. The molecule has 0 saturated heterocycles. The quantitative estimate of drug-likeness (QED) is 0.880. The summed E-state index contributed by atoms with van der Waals surface area (Å²) in [5, 5.41) is 2.77. The standard InChI is InChI=1S/C21H24N2O4/c1-26-13-20(24)22-17-7-5-14(6-8-17)19-11-16-12-23(10-9-18(16)27-19)21(25)15-3-2-4-15/h5-8,11,15H,2-4,9-10,12-13H2,1H3,(H,22,24). The fourth-order valence-corrected chi connectivity index (χ4v) is 3.62. The van der Waals surface area contributed by atoms with E-state index in [1.165, 1.54) is 13.5 Å². The zero-order chi connectivity index (χ0) is 18.8. The Bertz CT molecular complexity index is 836. The molecule has 1 aliphatic heterocycles. The van der Waals surface area contributed by atoms with Gasteiger partial charge in [0, 0.05) is 49.4 Å². The first-order chi connectivity index (χ1) is 13.1. The molecule has 2 heterocycles.